The maximum Gasteiger partial charge on any atom is 0.408 e. The Kier molecular flexibility index (Phi) is 4.78. The van der Waals surface area contributed by atoms with Crippen LogP contribution in [0, 0.1) is 5.82 Å². The van der Waals surface area contributed by atoms with Crippen molar-refractivity contribution in [3.8, 4) is 0 Å². The highest BCUT2D eigenvalue weighted by Gasteiger charge is 2.23. The fraction of sp³-hybridized carbons (Fsp3) is 0.300. The van der Waals surface area contributed by atoms with E-state index in [0.29, 0.717) is 11.2 Å². The molecule has 1 heterocycles. The molecule has 2 aromatic carbocycles. The van der Waals surface area contributed by atoms with Crippen molar-refractivity contribution in [1.82, 2.24) is 5.32 Å². The molecule has 0 saturated heterocycles. The molecule has 0 radical (unpaired) electrons. The first kappa shape index (κ1) is 18.7. The van der Waals surface area contributed by atoms with E-state index >= 15 is 0 Å². The van der Waals surface area contributed by atoms with E-state index in [4.69, 9.17) is 14.9 Å². The van der Waals surface area contributed by atoms with Crippen LogP contribution in [0.4, 0.5) is 9.18 Å². The highest BCUT2D eigenvalue weighted by atomic mass is 19.1. The minimum atomic E-state index is -0.931. The number of carbonyl (C=O) groups is 2. The lowest BCUT2D eigenvalue weighted by molar-refractivity contribution is -0.120. The van der Waals surface area contributed by atoms with Crippen molar-refractivity contribution in [1.29, 1.82) is 0 Å². The maximum atomic E-state index is 13.4. The van der Waals surface area contributed by atoms with Crippen LogP contribution in [0.15, 0.2) is 40.8 Å². The van der Waals surface area contributed by atoms with Crippen molar-refractivity contribution in [2.45, 2.75) is 38.8 Å². The zero-order valence-electron chi connectivity index (χ0n) is 15.3. The van der Waals surface area contributed by atoms with E-state index in [0.717, 1.165) is 16.3 Å². The van der Waals surface area contributed by atoms with Crippen LogP contribution in [0.1, 0.15) is 26.3 Å². The fourth-order valence-corrected chi connectivity index (χ4v) is 2.83. The van der Waals surface area contributed by atoms with Crippen molar-refractivity contribution in [3.05, 3.63) is 47.8 Å². The highest BCUT2D eigenvalue weighted by molar-refractivity contribution is 6.05. The fourth-order valence-electron chi connectivity index (χ4n) is 2.83. The van der Waals surface area contributed by atoms with Gasteiger partial charge in [0, 0.05) is 23.3 Å². The summed E-state index contributed by atoms with van der Waals surface area (Å²) in [4.78, 5) is 23.7. The van der Waals surface area contributed by atoms with Gasteiger partial charge in [-0.05, 0) is 44.5 Å². The second-order valence-electron chi connectivity index (χ2n) is 7.38. The van der Waals surface area contributed by atoms with Crippen molar-refractivity contribution in [2.75, 3.05) is 0 Å². The van der Waals surface area contributed by atoms with E-state index in [-0.39, 0.29) is 12.2 Å². The van der Waals surface area contributed by atoms with Crippen LogP contribution in [0.5, 0.6) is 0 Å². The van der Waals surface area contributed by atoms with Gasteiger partial charge in [-0.15, -0.1) is 0 Å². The van der Waals surface area contributed by atoms with Crippen LogP contribution in [0.2, 0.25) is 0 Å². The molecule has 7 heteroatoms. The molecular weight excluding hydrogens is 351 g/mol. The lowest BCUT2D eigenvalue weighted by Gasteiger charge is -2.22. The summed E-state index contributed by atoms with van der Waals surface area (Å²) in [5, 5.41) is 4.13. The molecule has 1 atom stereocenters. The summed E-state index contributed by atoms with van der Waals surface area (Å²) in [6.07, 6.45) is -0.540. The van der Waals surface area contributed by atoms with Gasteiger partial charge in [-0.3, -0.25) is 4.79 Å². The van der Waals surface area contributed by atoms with Gasteiger partial charge in [-0.25, -0.2) is 9.18 Å². The third-order valence-electron chi connectivity index (χ3n) is 3.97. The first-order valence-corrected chi connectivity index (χ1v) is 8.52. The van der Waals surface area contributed by atoms with Crippen molar-refractivity contribution in [2.24, 2.45) is 5.73 Å². The van der Waals surface area contributed by atoms with Crippen LogP contribution in [-0.2, 0) is 16.0 Å². The number of hydrogen-bond acceptors (Lipinski definition) is 4. The molecule has 0 aliphatic heterocycles. The summed E-state index contributed by atoms with van der Waals surface area (Å²) in [7, 11) is 0. The molecule has 0 unspecified atom stereocenters. The maximum absolute atomic E-state index is 13.4. The van der Waals surface area contributed by atoms with Crippen molar-refractivity contribution >= 4 is 33.9 Å². The second-order valence-corrected chi connectivity index (χ2v) is 7.38. The molecule has 6 nitrogen and oxygen atoms in total. The average molecular weight is 372 g/mol. The van der Waals surface area contributed by atoms with E-state index < -0.39 is 23.6 Å². The van der Waals surface area contributed by atoms with Crippen LogP contribution in [0.3, 0.4) is 0 Å². The number of nitrogens with two attached hydrogens (primary N) is 1. The summed E-state index contributed by atoms with van der Waals surface area (Å²) in [5.74, 6) is -1.05. The van der Waals surface area contributed by atoms with Gasteiger partial charge >= 0.3 is 6.09 Å². The van der Waals surface area contributed by atoms with E-state index in [2.05, 4.69) is 5.32 Å². The predicted octanol–water partition coefficient (Wildman–Crippen LogP) is 3.65. The normalized spacial score (nSPS) is 12.9. The molecule has 0 bridgehead atoms. The minimum absolute atomic E-state index is 0.177. The van der Waals surface area contributed by atoms with Crippen molar-refractivity contribution in [3.63, 3.8) is 0 Å². The van der Waals surface area contributed by atoms with Crippen LogP contribution >= 0.6 is 0 Å². The van der Waals surface area contributed by atoms with Gasteiger partial charge in [0.05, 0.1) is 0 Å². The molecule has 2 amide bonds. The Hall–Kier alpha value is -3.09. The van der Waals surface area contributed by atoms with Crippen molar-refractivity contribution < 1.29 is 23.1 Å². The van der Waals surface area contributed by atoms with E-state index in [1.807, 2.05) is 12.1 Å². The molecule has 3 N–H and O–H groups in total. The van der Waals surface area contributed by atoms with Crippen LogP contribution in [0.25, 0.3) is 21.9 Å². The summed E-state index contributed by atoms with van der Waals surface area (Å²) in [6.45, 7) is 5.18. The molecule has 0 spiro atoms. The zero-order valence-corrected chi connectivity index (χ0v) is 15.3. The van der Waals surface area contributed by atoms with E-state index in [1.54, 1.807) is 32.9 Å². The predicted molar refractivity (Wildman–Crippen MR) is 99.7 cm³/mol. The molecule has 0 fully saturated rings. The number of fused-ring (bicyclic) bond motifs is 3. The molecular formula is C20H21FN2O4. The van der Waals surface area contributed by atoms with Gasteiger partial charge in [-0.2, -0.15) is 0 Å². The Morgan fingerprint density at radius 3 is 2.41 bits per heavy atom. The molecule has 3 aromatic rings. The van der Waals surface area contributed by atoms with Gasteiger partial charge in [-0.1, -0.05) is 12.1 Å². The molecule has 3 rings (SSSR count). The summed E-state index contributed by atoms with van der Waals surface area (Å²) in [6, 6.07) is 8.82. The molecule has 1 aromatic heterocycles. The Morgan fingerprint density at radius 2 is 1.78 bits per heavy atom. The Bertz CT molecular complexity index is 1020. The Morgan fingerprint density at radius 1 is 1.15 bits per heavy atom. The molecule has 0 aliphatic rings. The topological polar surface area (TPSA) is 94.6 Å². The third-order valence-corrected chi connectivity index (χ3v) is 3.97. The van der Waals surface area contributed by atoms with E-state index in [9.17, 15) is 14.0 Å². The Labute approximate surface area is 155 Å². The van der Waals surface area contributed by atoms with Crippen LogP contribution in [-0.4, -0.2) is 23.6 Å². The first-order chi connectivity index (χ1) is 12.6. The summed E-state index contributed by atoms with van der Waals surface area (Å²) >= 11 is 0. The number of furan rings is 1. The third kappa shape index (κ3) is 4.36. The first-order valence-electron chi connectivity index (χ1n) is 8.52. The molecule has 142 valence electrons. The lowest BCUT2D eigenvalue weighted by Crippen LogP contribution is -2.47. The zero-order chi connectivity index (χ0) is 19.8. The number of amides is 2. The smallest absolute Gasteiger partial charge is 0.408 e. The van der Waals surface area contributed by atoms with Gasteiger partial charge in [0.25, 0.3) is 0 Å². The highest BCUT2D eigenvalue weighted by Crippen LogP contribution is 2.30. The quantitative estimate of drug-likeness (QED) is 0.731. The van der Waals surface area contributed by atoms with Gasteiger partial charge < -0.3 is 20.2 Å². The van der Waals surface area contributed by atoms with E-state index in [1.165, 1.54) is 12.1 Å². The minimum Gasteiger partial charge on any atom is -0.456 e. The largest absolute Gasteiger partial charge is 0.456 e. The molecule has 0 saturated carbocycles. The summed E-state index contributed by atoms with van der Waals surface area (Å²) in [5.41, 5.74) is 6.47. The van der Waals surface area contributed by atoms with Gasteiger partial charge in [0.1, 0.15) is 28.6 Å². The Balaban J connectivity index is 1.83. The number of nitrogens with one attached hydrogen (secondary N) is 1. The SMILES string of the molecule is CC(C)(C)OC(=O)N[C@@H](Cc1ccc2c(c1)oc1cc(F)ccc12)C(N)=O. The standard InChI is InChI=1S/C20H21FN2O4/c1-20(2,3)27-19(25)23-15(18(22)24)8-11-4-6-13-14-7-5-12(21)10-17(14)26-16(13)9-11/h4-7,9-10,15H,8H2,1-3H3,(H2,22,24)(H,23,25)/t15-/m0/s1. The number of benzene rings is 2. The number of primary amides is 1. The average Bonchev–Trinajstić information content (AvgIpc) is 2.88. The van der Waals surface area contributed by atoms with Crippen LogP contribution < -0.4 is 11.1 Å². The number of ether oxygens (including phenoxy) is 1. The number of alkyl carbamates (subject to hydrolysis) is 1. The van der Waals surface area contributed by atoms with Gasteiger partial charge in [0.15, 0.2) is 0 Å². The molecule has 27 heavy (non-hydrogen) atoms. The summed E-state index contributed by atoms with van der Waals surface area (Å²) < 4.78 is 24.2. The molecule has 0 aliphatic carbocycles. The number of halogens is 1. The second kappa shape index (κ2) is 6.90. The lowest BCUT2D eigenvalue weighted by atomic mass is 10.0. The van der Waals surface area contributed by atoms with Gasteiger partial charge in [0.2, 0.25) is 5.91 Å². The number of rotatable bonds is 4. The number of carbonyl (C=O) groups excluding carboxylic acids is 2. The number of hydrogen-bond donors (Lipinski definition) is 2. The monoisotopic (exact) mass is 372 g/mol.